The van der Waals surface area contributed by atoms with E-state index in [0.717, 1.165) is 24.9 Å². The minimum absolute atomic E-state index is 0.0636. The summed E-state index contributed by atoms with van der Waals surface area (Å²) in [6.07, 6.45) is 2.28. The number of rotatable bonds is 4. The smallest absolute Gasteiger partial charge is 0.309 e. The molecule has 0 amide bonds. The summed E-state index contributed by atoms with van der Waals surface area (Å²) in [6.45, 7) is 1.60. The lowest BCUT2D eigenvalue weighted by Crippen LogP contribution is -2.41. The first-order valence-electron chi connectivity index (χ1n) is 7.00. The van der Waals surface area contributed by atoms with Crippen molar-refractivity contribution in [3.63, 3.8) is 0 Å². The van der Waals surface area contributed by atoms with Crippen molar-refractivity contribution in [2.45, 2.75) is 25.3 Å². The van der Waals surface area contributed by atoms with Gasteiger partial charge in [-0.15, -0.1) is 0 Å². The SMILES string of the molecule is COC(=O)[C@H]1CCCN(C(CC#N)c2ccccc2)C1. The second kappa shape index (κ2) is 7.06. The van der Waals surface area contributed by atoms with Gasteiger partial charge in [0.2, 0.25) is 0 Å². The second-order valence-electron chi connectivity index (χ2n) is 5.15. The maximum absolute atomic E-state index is 11.7. The Morgan fingerprint density at radius 2 is 2.25 bits per heavy atom. The first-order valence-corrected chi connectivity index (χ1v) is 7.00. The molecule has 2 rings (SSSR count). The van der Waals surface area contributed by atoms with Crippen LogP contribution >= 0.6 is 0 Å². The van der Waals surface area contributed by atoms with Crippen LogP contribution in [0, 0.1) is 17.2 Å². The fraction of sp³-hybridized carbons (Fsp3) is 0.500. The normalized spacial score (nSPS) is 20.9. The summed E-state index contributed by atoms with van der Waals surface area (Å²) >= 11 is 0. The Kier molecular flexibility index (Phi) is 5.14. The van der Waals surface area contributed by atoms with Crippen molar-refractivity contribution in [1.29, 1.82) is 5.26 Å². The molecule has 1 aromatic carbocycles. The Hall–Kier alpha value is -1.86. The highest BCUT2D eigenvalue weighted by molar-refractivity contribution is 5.72. The Balaban J connectivity index is 2.13. The van der Waals surface area contributed by atoms with E-state index in [2.05, 4.69) is 11.0 Å². The zero-order valence-electron chi connectivity index (χ0n) is 11.8. The van der Waals surface area contributed by atoms with Crippen molar-refractivity contribution in [2.24, 2.45) is 5.92 Å². The lowest BCUT2D eigenvalue weighted by Gasteiger charge is -2.36. The van der Waals surface area contributed by atoms with Gasteiger partial charge >= 0.3 is 5.97 Å². The molecule has 1 saturated heterocycles. The fourth-order valence-electron chi connectivity index (χ4n) is 2.87. The molecule has 0 spiro atoms. The number of piperidine rings is 1. The van der Waals surface area contributed by atoms with Crippen LogP contribution in [0.15, 0.2) is 30.3 Å². The van der Waals surface area contributed by atoms with Crippen LogP contribution in [0.2, 0.25) is 0 Å². The number of ether oxygens (including phenoxy) is 1. The van der Waals surface area contributed by atoms with Gasteiger partial charge < -0.3 is 4.74 Å². The van der Waals surface area contributed by atoms with Crippen LogP contribution in [0.3, 0.4) is 0 Å². The number of carbonyl (C=O) groups is 1. The van der Waals surface area contributed by atoms with E-state index in [4.69, 9.17) is 10.00 Å². The maximum Gasteiger partial charge on any atom is 0.309 e. The van der Waals surface area contributed by atoms with Gasteiger partial charge in [-0.3, -0.25) is 9.69 Å². The predicted molar refractivity (Wildman–Crippen MR) is 75.7 cm³/mol. The van der Waals surface area contributed by atoms with Gasteiger partial charge in [0.25, 0.3) is 0 Å². The Bertz CT molecular complexity index is 481. The highest BCUT2D eigenvalue weighted by Crippen LogP contribution is 2.29. The minimum Gasteiger partial charge on any atom is -0.469 e. The summed E-state index contributed by atoms with van der Waals surface area (Å²) in [5.74, 6) is -0.211. The van der Waals surface area contributed by atoms with Crippen LogP contribution in [0.1, 0.15) is 30.9 Å². The molecule has 20 heavy (non-hydrogen) atoms. The monoisotopic (exact) mass is 272 g/mol. The first kappa shape index (κ1) is 14.5. The summed E-state index contributed by atoms with van der Waals surface area (Å²) in [5.41, 5.74) is 1.14. The molecule has 0 saturated carbocycles. The number of likely N-dealkylation sites (tertiary alicyclic amines) is 1. The molecule has 106 valence electrons. The van der Waals surface area contributed by atoms with Crippen molar-refractivity contribution >= 4 is 5.97 Å². The van der Waals surface area contributed by atoms with Gasteiger partial charge in [-0.1, -0.05) is 30.3 Å². The molecule has 1 fully saturated rings. The average molecular weight is 272 g/mol. The van der Waals surface area contributed by atoms with Gasteiger partial charge in [0.1, 0.15) is 0 Å². The average Bonchev–Trinajstić information content (AvgIpc) is 2.52. The van der Waals surface area contributed by atoms with E-state index in [-0.39, 0.29) is 17.9 Å². The van der Waals surface area contributed by atoms with E-state index in [1.807, 2.05) is 30.3 Å². The lowest BCUT2D eigenvalue weighted by molar-refractivity contribution is -0.147. The minimum atomic E-state index is -0.140. The van der Waals surface area contributed by atoms with E-state index in [1.54, 1.807) is 0 Å². The number of benzene rings is 1. The molecule has 4 nitrogen and oxygen atoms in total. The topological polar surface area (TPSA) is 53.3 Å². The third-order valence-corrected chi connectivity index (χ3v) is 3.90. The molecule has 1 unspecified atom stereocenters. The number of hydrogen-bond acceptors (Lipinski definition) is 4. The molecule has 1 heterocycles. The van der Waals surface area contributed by atoms with E-state index in [0.29, 0.717) is 13.0 Å². The van der Waals surface area contributed by atoms with Crippen molar-refractivity contribution in [1.82, 2.24) is 4.90 Å². The van der Waals surface area contributed by atoms with Crippen LogP contribution < -0.4 is 0 Å². The second-order valence-corrected chi connectivity index (χ2v) is 5.15. The van der Waals surface area contributed by atoms with E-state index < -0.39 is 0 Å². The van der Waals surface area contributed by atoms with Gasteiger partial charge in [0, 0.05) is 12.6 Å². The van der Waals surface area contributed by atoms with Gasteiger partial charge in [-0.2, -0.15) is 5.26 Å². The van der Waals surface area contributed by atoms with E-state index in [9.17, 15) is 4.79 Å². The van der Waals surface area contributed by atoms with Gasteiger partial charge in [-0.05, 0) is 24.9 Å². The first-order chi connectivity index (χ1) is 9.76. The van der Waals surface area contributed by atoms with Crippen LogP contribution in [0.5, 0.6) is 0 Å². The van der Waals surface area contributed by atoms with Gasteiger partial charge in [0.05, 0.1) is 25.5 Å². The Labute approximate surface area is 120 Å². The highest BCUT2D eigenvalue weighted by Gasteiger charge is 2.30. The van der Waals surface area contributed by atoms with Crippen LogP contribution in [-0.2, 0) is 9.53 Å². The third kappa shape index (κ3) is 3.37. The molecule has 1 aromatic rings. The molecule has 1 aliphatic rings. The number of nitrogens with zero attached hydrogens (tertiary/aromatic N) is 2. The molecule has 1 aliphatic heterocycles. The molecule has 2 atom stereocenters. The number of esters is 1. The molecule has 0 aliphatic carbocycles. The molecule has 0 aromatic heterocycles. The third-order valence-electron chi connectivity index (χ3n) is 3.90. The molecule has 0 bridgehead atoms. The van der Waals surface area contributed by atoms with Crippen molar-refractivity contribution in [3.05, 3.63) is 35.9 Å². The zero-order valence-corrected chi connectivity index (χ0v) is 11.8. The standard InChI is InChI=1S/C16H20N2O2/c1-20-16(19)14-8-5-11-18(12-14)15(9-10-17)13-6-3-2-4-7-13/h2-4,6-7,14-15H,5,8-9,11-12H2,1H3/t14-,15?/m0/s1. The van der Waals surface area contributed by atoms with Crippen molar-refractivity contribution in [3.8, 4) is 6.07 Å². The summed E-state index contributed by atoms with van der Waals surface area (Å²) < 4.78 is 4.85. The lowest BCUT2D eigenvalue weighted by atomic mass is 9.94. The number of hydrogen-bond donors (Lipinski definition) is 0. The maximum atomic E-state index is 11.7. The largest absolute Gasteiger partial charge is 0.469 e. The molecular formula is C16H20N2O2. The Morgan fingerprint density at radius 1 is 1.50 bits per heavy atom. The molecular weight excluding hydrogens is 252 g/mol. The van der Waals surface area contributed by atoms with E-state index >= 15 is 0 Å². The van der Waals surface area contributed by atoms with E-state index in [1.165, 1.54) is 7.11 Å². The quantitative estimate of drug-likeness (QED) is 0.790. The molecule has 0 radical (unpaired) electrons. The zero-order chi connectivity index (χ0) is 14.4. The summed E-state index contributed by atoms with van der Waals surface area (Å²) in [5, 5.41) is 9.08. The van der Waals surface area contributed by atoms with Gasteiger partial charge in [0.15, 0.2) is 0 Å². The molecule has 0 N–H and O–H groups in total. The molecule has 4 heteroatoms. The number of methoxy groups -OCH3 is 1. The summed E-state index contributed by atoms with van der Waals surface area (Å²) in [6, 6.07) is 12.4. The summed E-state index contributed by atoms with van der Waals surface area (Å²) in [4.78, 5) is 14.0. The van der Waals surface area contributed by atoms with Crippen LogP contribution in [-0.4, -0.2) is 31.1 Å². The number of nitriles is 1. The fourth-order valence-corrected chi connectivity index (χ4v) is 2.87. The van der Waals surface area contributed by atoms with Crippen molar-refractivity contribution in [2.75, 3.05) is 20.2 Å². The van der Waals surface area contributed by atoms with Gasteiger partial charge in [-0.25, -0.2) is 0 Å². The Morgan fingerprint density at radius 3 is 2.90 bits per heavy atom. The summed E-state index contributed by atoms with van der Waals surface area (Å²) in [7, 11) is 1.44. The van der Waals surface area contributed by atoms with Crippen LogP contribution in [0.25, 0.3) is 0 Å². The van der Waals surface area contributed by atoms with Crippen LogP contribution in [0.4, 0.5) is 0 Å². The predicted octanol–water partition coefficient (Wildman–Crippen LogP) is 2.53. The highest BCUT2D eigenvalue weighted by atomic mass is 16.5. The van der Waals surface area contributed by atoms with Crippen molar-refractivity contribution < 1.29 is 9.53 Å². The number of carbonyl (C=O) groups excluding carboxylic acids is 1.